The average Bonchev–Trinajstić information content (AvgIpc) is 2.85. The Balaban J connectivity index is 2.47. The molecular weight excluding hydrogens is 278 g/mol. The molecule has 2 amide bonds. The van der Waals surface area contributed by atoms with Crippen molar-refractivity contribution in [2.75, 3.05) is 18.8 Å². The number of thiophene rings is 1. The van der Waals surface area contributed by atoms with E-state index in [9.17, 15) is 9.59 Å². The van der Waals surface area contributed by atoms with Crippen LogP contribution in [0.3, 0.4) is 0 Å². The largest absolute Gasteiger partial charge is 0.397 e. The number of anilines is 1. The van der Waals surface area contributed by atoms with Crippen molar-refractivity contribution in [1.29, 1.82) is 0 Å². The molecule has 2 rings (SSSR count). The normalized spacial score (nSPS) is 10.9. The molecule has 0 atom stereocenters. The Labute approximate surface area is 120 Å². The van der Waals surface area contributed by atoms with Gasteiger partial charge in [-0.1, -0.05) is 0 Å². The second kappa shape index (κ2) is 5.12. The highest BCUT2D eigenvalue weighted by Crippen LogP contribution is 2.36. The van der Waals surface area contributed by atoms with E-state index in [4.69, 9.17) is 11.5 Å². The second-order valence-electron chi connectivity index (χ2n) is 4.52. The number of nitrogens with zero attached hydrogens (tertiary/aromatic N) is 3. The summed E-state index contributed by atoms with van der Waals surface area (Å²) in [6.45, 7) is 3.92. The third kappa shape index (κ3) is 2.22. The minimum absolute atomic E-state index is 0.111. The monoisotopic (exact) mass is 295 g/mol. The molecule has 0 unspecified atom stereocenters. The lowest BCUT2D eigenvalue weighted by molar-refractivity contribution is -0.118. The van der Waals surface area contributed by atoms with Gasteiger partial charge in [-0.05, 0) is 13.8 Å². The molecule has 0 fully saturated rings. The predicted molar refractivity (Wildman–Crippen MR) is 78.5 cm³/mol. The number of carbonyl (C=O) groups is 2. The Bertz CT molecular complexity index is 688. The summed E-state index contributed by atoms with van der Waals surface area (Å²) in [4.78, 5) is 26.1. The number of rotatable bonds is 4. The maximum atomic E-state index is 12.4. The predicted octanol–water partition coefficient (Wildman–Crippen LogP) is 0.473. The molecule has 0 saturated heterocycles. The lowest BCUT2D eigenvalue weighted by Gasteiger charge is -2.18. The number of fused-ring (bicyclic) bond motifs is 1. The topological polar surface area (TPSA) is 107 Å². The molecule has 0 aliphatic rings. The van der Waals surface area contributed by atoms with E-state index in [0.29, 0.717) is 17.1 Å². The van der Waals surface area contributed by atoms with Gasteiger partial charge in [0.05, 0.1) is 23.3 Å². The van der Waals surface area contributed by atoms with Gasteiger partial charge in [0.15, 0.2) is 0 Å². The quantitative estimate of drug-likeness (QED) is 0.855. The molecule has 0 spiro atoms. The number of hydrogen-bond donors (Lipinski definition) is 2. The Morgan fingerprint density at radius 1 is 1.45 bits per heavy atom. The fraction of sp³-hybridized carbons (Fsp3) is 0.417. The van der Waals surface area contributed by atoms with Gasteiger partial charge in [-0.15, -0.1) is 11.3 Å². The van der Waals surface area contributed by atoms with Crippen LogP contribution >= 0.6 is 11.3 Å². The summed E-state index contributed by atoms with van der Waals surface area (Å²) in [5, 5.41) is 5.07. The van der Waals surface area contributed by atoms with E-state index in [2.05, 4.69) is 5.10 Å². The zero-order valence-corrected chi connectivity index (χ0v) is 12.5. The molecule has 4 N–H and O–H groups in total. The number of carbonyl (C=O) groups excluding carboxylic acids is 2. The van der Waals surface area contributed by atoms with Crippen molar-refractivity contribution in [2.24, 2.45) is 12.8 Å². The van der Waals surface area contributed by atoms with Gasteiger partial charge in [-0.25, -0.2) is 0 Å². The van der Waals surface area contributed by atoms with Gasteiger partial charge in [0, 0.05) is 13.6 Å². The van der Waals surface area contributed by atoms with Crippen molar-refractivity contribution in [3.8, 4) is 0 Å². The number of primary amides is 1. The molecular formula is C12H17N5O2S. The van der Waals surface area contributed by atoms with Crippen LogP contribution in [0.4, 0.5) is 5.69 Å². The minimum atomic E-state index is -0.544. The SMILES string of the molecule is CCN(CC(N)=O)C(=O)c1sc2c(c(C)nn2C)c1N. The van der Waals surface area contributed by atoms with Crippen LogP contribution in [0.1, 0.15) is 22.3 Å². The van der Waals surface area contributed by atoms with Crippen LogP contribution in [-0.2, 0) is 11.8 Å². The van der Waals surface area contributed by atoms with E-state index in [1.54, 1.807) is 18.7 Å². The summed E-state index contributed by atoms with van der Waals surface area (Å²) < 4.78 is 1.70. The van der Waals surface area contributed by atoms with E-state index in [1.165, 1.54) is 16.2 Å². The third-order valence-corrected chi connectivity index (χ3v) is 4.35. The first-order chi connectivity index (χ1) is 9.36. The number of aromatic nitrogens is 2. The molecule has 108 valence electrons. The van der Waals surface area contributed by atoms with Crippen molar-refractivity contribution in [3.63, 3.8) is 0 Å². The van der Waals surface area contributed by atoms with E-state index in [0.717, 1.165) is 15.9 Å². The smallest absolute Gasteiger partial charge is 0.266 e. The fourth-order valence-corrected chi connectivity index (χ4v) is 3.30. The molecule has 0 bridgehead atoms. The maximum absolute atomic E-state index is 12.4. The Kier molecular flexibility index (Phi) is 3.67. The number of amides is 2. The first-order valence-corrected chi connectivity index (χ1v) is 6.97. The van der Waals surface area contributed by atoms with Gasteiger partial charge >= 0.3 is 0 Å². The Morgan fingerprint density at radius 2 is 2.10 bits per heavy atom. The van der Waals surface area contributed by atoms with Crippen LogP contribution in [0.15, 0.2) is 0 Å². The number of aryl methyl sites for hydroxylation is 2. The average molecular weight is 295 g/mol. The molecule has 8 heteroatoms. The standard InChI is InChI=1S/C12H17N5O2S/c1-4-17(5-7(13)18)11(19)10-9(14)8-6(2)15-16(3)12(8)20-10/h4-5,14H2,1-3H3,(H2,13,18). The molecule has 0 aliphatic heterocycles. The Hall–Kier alpha value is -2.09. The molecule has 2 aromatic rings. The second-order valence-corrected chi connectivity index (χ2v) is 5.52. The van der Waals surface area contributed by atoms with E-state index >= 15 is 0 Å². The van der Waals surface area contributed by atoms with E-state index in [1.807, 2.05) is 6.92 Å². The van der Waals surface area contributed by atoms with Gasteiger partial charge in [-0.3, -0.25) is 14.3 Å². The molecule has 0 aromatic carbocycles. The number of nitrogen functional groups attached to an aromatic ring is 1. The van der Waals surface area contributed by atoms with Crippen LogP contribution in [0.25, 0.3) is 10.2 Å². The summed E-state index contributed by atoms with van der Waals surface area (Å²) in [5.74, 6) is -0.817. The lowest BCUT2D eigenvalue weighted by atomic mass is 10.2. The molecule has 2 aromatic heterocycles. The number of hydrogen-bond acceptors (Lipinski definition) is 5. The molecule has 0 radical (unpaired) electrons. The van der Waals surface area contributed by atoms with E-state index in [-0.39, 0.29) is 12.5 Å². The lowest BCUT2D eigenvalue weighted by Crippen LogP contribution is -2.38. The van der Waals surface area contributed by atoms with Gasteiger partial charge in [0.25, 0.3) is 5.91 Å². The van der Waals surface area contributed by atoms with Crippen LogP contribution in [0.5, 0.6) is 0 Å². The first kappa shape index (κ1) is 14.3. The molecule has 0 aliphatic carbocycles. The van der Waals surface area contributed by atoms with Crippen LogP contribution in [0, 0.1) is 6.92 Å². The first-order valence-electron chi connectivity index (χ1n) is 6.15. The maximum Gasteiger partial charge on any atom is 0.266 e. The molecule has 7 nitrogen and oxygen atoms in total. The highest BCUT2D eigenvalue weighted by molar-refractivity contribution is 7.21. The van der Waals surface area contributed by atoms with Crippen molar-refractivity contribution in [3.05, 3.63) is 10.6 Å². The summed E-state index contributed by atoms with van der Waals surface area (Å²) in [6.07, 6.45) is 0. The third-order valence-electron chi connectivity index (χ3n) is 3.09. The summed E-state index contributed by atoms with van der Waals surface area (Å²) in [5.41, 5.74) is 12.4. The molecule has 0 saturated carbocycles. The van der Waals surface area contributed by atoms with E-state index < -0.39 is 5.91 Å². The molecule has 2 heterocycles. The summed E-state index contributed by atoms with van der Waals surface area (Å²) in [6, 6.07) is 0. The van der Waals surface area contributed by atoms with Crippen molar-refractivity contribution in [2.45, 2.75) is 13.8 Å². The summed E-state index contributed by atoms with van der Waals surface area (Å²) in [7, 11) is 1.81. The van der Waals surface area contributed by atoms with Gasteiger partial charge in [0.1, 0.15) is 9.71 Å². The minimum Gasteiger partial charge on any atom is -0.397 e. The molecule has 20 heavy (non-hydrogen) atoms. The fourth-order valence-electron chi connectivity index (χ4n) is 2.15. The zero-order valence-electron chi connectivity index (χ0n) is 11.6. The van der Waals surface area contributed by atoms with Crippen molar-refractivity contribution in [1.82, 2.24) is 14.7 Å². The van der Waals surface area contributed by atoms with Crippen molar-refractivity contribution < 1.29 is 9.59 Å². The highest BCUT2D eigenvalue weighted by Gasteiger charge is 2.24. The Morgan fingerprint density at radius 3 is 2.60 bits per heavy atom. The van der Waals surface area contributed by atoms with Crippen LogP contribution < -0.4 is 11.5 Å². The van der Waals surface area contributed by atoms with Gasteiger partial charge < -0.3 is 16.4 Å². The van der Waals surface area contributed by atoms with Gasteiger partial charge in [-0.2, -0.15) is 5.10 Å². The van der Waals surface area contributed by atoms with Crippen molar-refractivity contribution >= 4 is 39.1 Å². The summed E-state index contributed by atoms with van der Waals surface area (Å²) >= 11 is 1.28. The zero-order chi connectivity index (χ0) is 15.0. The van der Waals surface area contributed by atoms with Crippen LogP contribution in [-0.4, -0.2) is 39.6 Å². The number of likely N-dealkylation sites (N-methyl/N-ethyl adjacent to an activating group) is 1. The van der Waals surface area contributed by atoms with Gasteiger partial charge in [0.2, 0.25) is 5.91 Å². The highest BCUT2D eigenvalue weighted by atomic mass is 32.1. The van der Waals surface area contributed by atoms with Crippen LogP contribution in [0.2, 0.25) is 0 Å². The number of nitrogens with two attached hydrogens (primary N) is 2.